The number of thiophene rings is 1. The Morgan fingerprint density at radius 3 is 2.75 bits per heavy atom. The number of rotatable bonds is 5. The number of hydrogen-bond donors (Lipinski definition) is 0. The number of likely N-dealkylation sites (N-methyl/N-ethyl adjacent to an activating group) is 1. The lowest BCUT2D eigenvalue weighted by atomic mass is 10.1. The predicted octanol–water partition coefficient (Wildman–Crippen LogP) is 3.33. The highest BCUT2D eigenvalue weighted by Crippen LogP contribution is 2.42. The molecule has 0 atom stereocenters. The summed E-state index contributed by atoms with van der Waals surface area (Å²) in [6.07, 6.45) is 0. The van der Waals surface area contributed by atoms with E-state index in [1.54, 1.807) is 11.0 Å². The summed E-state index contributed by atoms with van der Waals surface area (Å²) in [4.78, 5) is 27.3. The lowest BCUT2D eigenvalue weighted by Crippen LogP contribution is -2.34. The normalized spacial score (nSPS) is 11.9. The predicted molar refractivity (Wildman–Crippen MR) is 92.3 cm³/mol. The quantitative estimate of drug-likeness (QED) is 0.780. The maximum atomic E-state index is 12.3. The fourth-order valence-corrected chi connectivity index (χ4v) is 3.76. The summed E-state index contributed by atoms with van der Waals surface area (Å²) < 4.78 is 10.9. The van der Waals surface area contributed by atoms with Crippen molar-refractivity contribution in [3.8, 4) is 16.2 Å². The minimum absolute atomic E-state index is 0.177. The Bertz CT molecular complexity index is 764. The third-order valence-corrected chi connectivity index (χ3v) is 5.16. The molecule has 0 N–H and O–H groups in total. The largest absolute Gasteiger partial charge is 0.488 e. The first kappa shape index (κ1) is 16.5. The molecule has 1 aliphatic rings. The number of benzene rings is 1. The summed E-state index contributed by atoms with van der Waals surface area (Å²) in [5, 5.41) is 0. The zero-order valence-electron chi connectivity index (χ0n) is 13.7. The van der Waals surface area contributed by atoms with Crippen molar-refractivity contribution in [3.05, 3.63) is 40.8 Å². The van der Waals surface area contributed by atoms with Crippen LogP contribution in [-0.2, 0) is 16.1 Å². The molecule has 1 aliphatic heterocycles. The van der Waals surface area contributed by atoms with Crippen molar-refractivity contribution in [2.45, 2.75) is 20.5 Å². The van der Waals surface area contributed by atoms with Crippen LogP contribution in [0.4, 0.5) is 0 Å². The Hall–Kier alpha value is -2.34. The summed E-state index contributed by atoms with van der Waals surface area (Å²) in [5.74, 6) is 0.180. The molecule has 0 saturated carbocycles. The van der Waals surface area contributed by atoms with E-state index in [1.807, 2.05) is 38.1 Å². The second-order valence-corrected chi connectivity index (χ2v) is 6.44. The molecule has 5 nitrogen and oxygen atoms in total. The molecule has 0 radical (unpaired) electrons. The number of fused-ring (bicyclic) bond motifs is 3. The molecule has 2 aromatic rings. The molecule has 1 amide bonds. The fourth-order valence-electron chi connectivity index (χ4n) is 2.67. The minimum atomic E-state index is -0.465. The molecule has 0 unspecified atom stereocenters. The second-order valence-electron chi connectivity index (χ2n) is 5.39. The number of ether oxygens (including phenoxy) is 2. The third kappa shape index (κ3) is 3.14. The van der Waals surface area contributed by atoms with Gasteiger partial charge < -0.3 is 14.4 Å². The molecule has 0 bridgehead atoms. The van der Waals surface area contributed by atoms with Gasteiger partial charge in [0.1, 0.15) is 17.2 Å². The van der Waals surface area contributed by atoms with Gasteiger partial charge >= 0.3 is 5.97 Å². The first-order valence-corrected chi connectivity index (χ1v) is 8.75. The number of para-hydroxylation sites is 1. The Morgan fingerprint density at radius 2 is 2.00 bits per heavy atom. The average Bonchev–Trinajstić information content (AvgIpc) is 3.05. The van der Waals surface area contributed by atoms with Crippen LogP contribution in [0.1, 0.15) is 29.1 Å². The van der Waals surface area contributed by atoms with Crippen LogP contribution < -0.4 is 4.74 Å². The van der Waals surface area contributed by atoms with Crippen molar-refractivity contribution in [1.82, 2.24) is 4.90 Å². The standard InChI is InChI=1S/C18H19NO4S/c1-3-19(4-2)16(20)11-23-18(21)15-9-12-10-22-14-8-6-5-7-13(14)17(12)24-15/h5-9H,3-4,10-11H2,1-2H3. The molecule has 1 aromatic heterocycles. The number of hydrogen-bond acceptors (Lipinski definition) is 5. The average molecular weight is 345 g/mol. The molecular formula is C18H19NO4S. The lowest BCUT2D eigenvalue weighted by Gasteiger charge is -2.17. The number of amides is 1. The van der Waals surface area contributed by atoms with E-state index in [4.69, 9.17) is 9.47 Å². The van der Waals surface area contributed by atoms with E-state index in [0.717, 1.165) is 21.8 Å². The van der Waals surface area contributed by atoms with Crippen molar-refractivity contribution in [1.29, 1.82) is 0 Å². The van der Waals surface area contributed by atoms with E-state index in [0.29, 0.717) is 24.6 Å². The van der Waals surface area contributed by atoms with Crippen LogP contribution >= 0.6 is 11.3 Å². The number of esters is 1. The van der Waals surface area contributed by atoms with E-state index in [1.165, 1.54) is 11.3 Å². The third-order valence-electron chi connectivity index (χ3n) is 3.97. The van der Waals surface area contributed by atoms with E-state index >= 15 is 0 Å². The van der Waals surface area contributed by atoms with Crippen molar-refractivity contribution in [2.75, 3.05) is 19.7 Å². The van der Waals surface area contributed by atoms with E-state index in [-0.39, 0.29) is 12.5 Å². The second kappa shape index (κ2) is 7.05. The van der Waals surface area contributed by atoms with E-state index < -0.39 is 5.97 Å². The molecule has 0 aliphatic carbocycles. The number of carbonyl (C=O) groups excluding carboxylic acids is 2. The smallest absolute Gasteiger partial charge is 0.348 e. The van der Waals surface area contributed by atoms with E-state index in [9.17, 15) is 9.59 Å². The van der Waals surface area contributed by atoms with Crippen LogP contribution in [0.25, 0.3) is 10.4 Å². The van der Waals surface area contributed by atoms with Crippen molar-refractivity contribution < 1.29 is 19.1 Å². The van der Waals surface area contributed by atoms with Crippen molar-refractivity contribution in [3.63, 3.8) is 0 Å². The maximum absolute atomic E-state index is 12.3. The summed E-state index contributed by atoms with van der Waals surface area (Å²) in [5.41, 5.74) is 1.96. The van der Waals surface area contributed by atoms with Crippen LogP contribution in [-0.4, -0.2) is 36.5 Å². The van der Waals surface area contributed by atoms with Gasteiger partial charge in [-0.3, -0.25) is 4.79 Å². The zero-order valence-corrected chi connectivity index (χ0v) is 14.5. The summed E-state index contributed by atoms with van der Waals surface area (Å²) in [6, 6.07) is 9.55. The van der Waals surface area contributed by atoms with Crippen LogP contribution in [0.3, 0.4) is 0 Å². The van der Waals surface area contributed by atoms with Crippen LogP contribution in [0.15, 0.2) is 30.3 Å². The van der Waals surface area contributed by atoms with Crippen LogP contribution in [0.5, 0.6) is 5.75 Å². The summed E-state index contributed by atoms with van der Waals surface area (Å²) in [7, 11) is 0. The van der Waals surface area contributed by atoms with Crippen LogP contribution in [0, 0.1) is 0 Å². The van der Waals surface area contributed by atoms with Gasteiger partial charge in [-0.15, -0.1) is 11.3 Å². The Kier molecular flexibility index (Phi) is 4.85. The lowest BCUT2D eigenvalue weighted by molar-refractivity contribution is -0.134. The van der Waals surface area contributed by atoms with Gasteiger partial charge in [-0.05, 0) is 32.0 Å². The maximum Gasteiger partial charge on any atom is 0.348 e. The molecule has 24 heavy (non-hydrogen) atoms. The van der Waals surface area contributed by atoms with Gasteiger partial charge in [0.2, 0.25) is 0 Å². The molecule has 126 valence electrons. The molecular weight excluding hydrogens is 326 g/mol. The van der Waals surface area contributed by atoms with Gasteiger partial charge in [0, 0.05) is 29.1 Å². The molecule has 3 rings (SSSR count). The molecule has 1 aromatic carbocycles. The van der Waals surface area contributed by atoms with Crippen molar-refractivity contribution in [2.24, 2.45) is 0 Å². The molecule has 2 heterocycles. The van der Waals surface area contributed by atoms with Crippen LogP contribution in [0.2, 0.25) is 0 Å². The molecule has 6 heteroatoms. The molecule has 0 spiro atoms. The first-order valence-electron chi connectivity index (χ1n) is 7.93. The highest BCUT2D eigenvalue weighted by molar-refractivity contribution is 7.17. The van der Waals surface area contributed by atoms with E-state index in [2.05, 4.69) is 0 Å². The SMILES string of the molecule is CCN(CC)C(=O)COC(=O)c1cc2c(s1)-c1ccccc1OC2. The van der Waals surface area contributed by atoms with Gasteiger partial charge in [-0.25, -0.2) is 4.79 Å². The molecule has 0 fully saturated rings. The first-order chi connectivity index (χ1) is 11.6. The Balaban J connectivity index is 1.72. The monoisotopic (exact) mass is 345 g/mol. The number of carbonyl (C=O) groups is 2. The van der Waals surface area contributed by atoms with Gasteiger partial charge in [-0.2, -0.15) is 0 Å². The van der Waals surface area contributed by atoms with Crippen molar-refractivity contribution >= 4 is 23.2 Å². The fraction of sp³-hybridized carbons (Fsp3) is 0.333. The minimum Gasteiger partial charge on any atom is -0.488 e. The Labute approximate surface area is 144 Å². The van der Waals surface area contributed by atoms with Gasteiger partial charge in [0.25, 0.3) is 5.91 Å². The highest BCUT2D eigenvalue weighted by Gasteiger charge is 2.23. The number of nitrogens with zero attached hydrogens (tertiary/aromatic N) is 1. The Morgan fingerprint density at radius 1 is 1.25 bits per heavy atom. The summed E-state index contributed by atoms with van der Waals surface area (Å²) >= 11 is 1.38. The van der Waals surface area contributed by atoms with Gasteiger partial charge in [0.05, 0.1) is 0 Å². The topological polar surface area (TPSA) is 55.8 Å². The van der Waals surface area contributed by atoms with Gasteiger partial charge in [-0.1, -0.05) is 12.1 Å². The highest BCUT2D eigenvalue weighted by atomic mass is 32.1. The molecule has 0 saturated heterocycles. The zero-order chi connectivity index (χ0) is 17.1. The summed E-state index contributed by atoms with van der Waals surface area (Å²) in [6.45, 7) is 5.22. The van der Waals surface area contributed by atoms with Gasteiger partial charge in [0.15, 0.2) is 6.61 Å².